The Bertz CT molecular complexity index is 638. The molecule has 24 heavy (non-hydrogen) atoms. The van der Waals surface area contributed by atoms with E-state index in [1.807, 2.05) is 4.42 Å². The number of aromatic nitrogens is 6. The standard InChI is InChI=1S/C15H21ClN8/c16-23-5-2-11(3-6-23)14-7-12(14)1-4-17-15-18-8-13(9-19-15)24-10-20-21-22-24/h8-12,14H,1-7H2,(H,17,18,19)/t12-,14+/m0/s1. The SMILES string of the molecule is ClN1CCC([C@H]2C[C@@H]2CCNc2ncc(-n3cnnn3)cn2)CC1. The lowest BCUT2D eigenvalue weighted by Gasteiger charge is -2.27. The molecule has 128 valence electrons. The molecule has 1 saturated carbocycles. The molecule has 0 amide bonds. The topological polar surface area (TPSA) is 84.7 Å². The largest absolute Gasteiger partial charge is 0.354 e. The van der Waals surface area contributed by atoms with Gasteiger partial charge in [-0.25, -0.2) is 14.4 Å². The van der Waals surface area contributed by atoms with E-state index in [1.54, 1.807) is 12.4 Å². The van der Waals surface area contributed by atoms with Gasteiger partial charge in [-0.3, -0.25) is 0 Å². The fourth-order valence-corrected chi connectivity index (χ4v) is 3.85. The third-order valence-corrected chi connectivity index (χ3v) is 5.46. The Balaban J connectivity index is 1.20. The van der Waals surface area contributed by atoms with Gasteiger partial charge in [0.05, 0.1) is 12.4 Å². The third-order valence-electron chi connectivity index (χ3n) is 5.12. The number of rotatable bonds is 6. The summed E-state index contributed by atoms with van der Waals surface area (Å²) in [6, 6.07) is 0. The molecule has 3 heterocycles. The van der Waals surface area contributed by atoms with Gasteiger partial charge in [-0.15, -0.1) is 5.10 Å². The van der Waals surface area contributed by atoms with Gasteiger partial charge >= 0.3 is 0 Å². The number of nitrogens with one attached hydrogen (secondary N) is 1. The maximum absolute atomic E-state index is 6.04. The van der Waals surface area contributed by atoms with Crippen LogP contribution < -0.4 is 5.32 Å². The molecule has 8 nitrogen and oxygen atoms in total. The summed E-state index contributed by atoms with van der Waals surface area (Å²) in [5, 5.41) is 14.3. The highest BCUT2D eigenvalue weighted by molar-refractivity contribution is 6.13. The van der Waals surface area contributed by atoms with Crippen molar-refractivity contribution in [3.63, 3.8) is 0 Å². The number of tetrazole rings is 1. The minimum atomic E-state index is 0.652. The van der Waals surface area contributed by atoms with Crippen molar-refractivity contribution in [2.75, 3.05) is 25.0 Å². The van der Waals surface area contributed by atoms with Gasteiger partial charge in [0.2, 0.25) is 5.95 Å². The van der Waals surface area contributed by atoms with Crippen LogP contribution in [0.1, 0.15) is 25.7 Å². The van der Waals surface area contributed by atoms with E-state index in [9.17, 15) is 0 Å². The Kier molecular flexibility index (Phi) is 4.57. The van der Waals surface area contributed by atoms with Crippen molar-refractivity contribution >= 4 is 17.7 Å². The van der Waals surface area contributed by atoms with E-state index in [0.29, 0.717) is 5.95 Å². The van der Waals surface area contributed by atoms with Crippen LogP contribution in [0.3, 0.4) is 0 Å². The second-order valence-electron chi connectivity index (χ2n) is 6.64. The highest BCUT2D eigenvalue weighted by atomic mass is 35.5. The van der Waals surface area contributed by atoms with Crippen LogP contribution in [0.5, 0.6) is 0 Å². The smallest absolute Gasteiger partial charge is 0.222 e. The summed E-state index contributed by atoms with van der Waals surface area (Å²) in [4.78, 5) is 8.62. The first kappa shape index (κ1) is 15.7. The summed E-state index contributed by atoms with van der Waals surface area (Å²) >= 11 is 6.04. The summed E-state index contributed by atoms with van der Waals surface area (Å²) in [6.45, 7) is 2.99. The predicted molar refractivity (Wildman–Crippen MR) is 89.6 cm³/mol. The average molecular weight is 349 g/mol. The van der Waals surface area contributed by atoms with E-state index in [4.69, 9.17) is 11.8 Å². The molecule has 2 atom stereocenters. The third kappa shape index (κ3) is 3.64. The Morgan fingerprint density at radius 1 is 1.21 bits per heavy atom. The zero-order valence-electron chi connectivity index (χ0n) is 13.4. The van der Waals surface area contributed by atoms with Crippen molar-refractivity contribution in [3.8, 4) is 5.69 Å². The molecule has 2 aliphatic rings. The minimum absolute atomic E-state index is 0.652. The molecule has 1 N–H and O–H groups in total. The quantitative estimate of drug-likeness (QED) is 0.796. The number of anilines is 1. The predicted octanol–water partition coefficient (Wildman–Crippen LogP) is 1.76. The molecule has 2 aromatic heterocycles. The van der Waals surface area contributed by atoms with Crippen LogP contribution in [0.15, 0.2) is 18.7 Å². The van der Waals surface area contributed by atoms with Crippen molar-refractivity contribution in [2.24, 2.45) is 17.8 Å². The van der Waals surface area contributed by atoms with Gasteiger partial charge in [0.1, 0.15) is 12.0 Å². The number of hydrogen-bond donors (Lipinski definition) is 1. The molecule has 2 fully saturated rings. The molecule has 0 radical (unpaired) electrons. The van der Waals surface area contributed by atoms with Crippen molar-refractivity contribution < 1.29 is 0 Å². The molecule has 0 aromatic carbocycles. The Hall–Kier alpha value is -1.80. The fourth-order valence-electron chi connectivity index (χ4n) is 3.66. The van der Waals surface area contributed by atoms with Crippen molar-refractivity contribution in [2.45, 2.75) is 25.7 Å². The van der Waals surface area contributed by atoms with Gasteiger partial charge < -0.3 is 5.32 Å². The van der Waals surface area contributed by atoms with Gasteiger partial charge in [-0.1, -0.05) is 0 Å². The van der Waals surface area contributed by atoms with Gasteiger partial charge in [0.15, 0.2) is 0 Å². The molecular formula is C15H21ClN8. The number of halogens is 1. The first-order valence-electron chi connectivity index (χ1n) is 8.49. The lowest BCUT2D eigenvalue weighted by Crippen LogP contribution is -2.27. The van der Waals surface area contributed by atoms with Crippen molar-refractivity contribution in [1.82, 2.24) is 34.6 Å². The summed E-state index contributed by atoms with van der Waals surface area (Å²) in [5.74, 6) is 3.28. The fraction of sp³-hybridized carbons (Fsp3) is 0.667. The van der Waals surface area contributed by atoms with Crippen LogP contribution in [0.25, 0.3) is 5.69 Å². The second kappa shape index (κ2) is 6.98. The van der Waals surface area contributed by atoms with Crippen molar-refractivity contribution in [3.05, 3.63) is 18.7 Å². The summed E-state index contributed by atoms with van der Waals surface area (Å²) in [5.41, 5.74) is 0.749. The van der Waals surface area contributed by atoms with E-state index >= 15 is 0 Å². The van der Waals surface area contributed by atoms with Crippen LogP contribution in [0, 0.1) is 17.8 Å². The Morgan fingerprint density at radius 2 is 2.00 bits per heavy atom. The number of nitrogens with zero attached hydrogens (tertiary/aromatic N) is 7. The number of piperidine rings is 1. The van der Waals surface area contributed by atoms with Gasteiger partial charge in [-0.2, -0.15) is 4.68 Å². The van der Waals surface area contributed by atoms with Crippen LogP contribution in [0.2, 0.25) is 0 Å². The molecule has 4 rings (SSSR count). The monoisotopic (exact) mass is 348 g/mol. The van der Waals surface area contributed by atoms with Crippen LogP contribution in [0.4, 0.5) is 5.95 Å². The van der Waals surface area contributed by atoms with E-state index < -0.39 is 0 Å². The average Bonchev–Trinajstić information content (AvgIpc) is 3.16. The maximum atomic E-state index is 6.04. The summed E-state index contributed by atoms with van der Waals surface area (Å²) < 4.78 is 3.45. The second-order valence-corrected chi connectivity index (χ2v) is 7.12. The van der Waals surface area contributed by atoms with Crippen molar-refractivity contribution in [1.29, 1.82) is 0 Å². The van der Waals surface area contributed by atoms with E-state index in [2.05, 4.69) is 30.8 Å². The highest BCUT2D eigenvalue weighted by Crippen LogP contribution is 2.49. The van der Waals surface area contributed by atoms with Crippen LogP contribution >= 0.6 is 11.8 Å². The first-order valence-corrected chi connectivity index (χ1v) is 8.83. The van der Waals surface area contributed by atoms with Gasteiger partial charge in [-0.05, 0) is 65.6 Å². The lowest BCUT2D eigenvalue weighted by molar-refractivity contribution is 0.252. The molecular weight excluding hydrogens is 328 g/mol. The zero-order valence-corrected chi connectivity index (χ0v) is 14.2. The molecule has 2 aromatic rings. The van der Waals surface area contributed by atoms with Gasteiger partial charge in [0, 0.05) is 19.6 Å². The zero-order chi connectivity index (χ0) is 16.4. The van der Waals surface area contributed by atoms with Crippen LogP contribution in [-0.2, 0) is 0 Å². The van der Waals surface area contributed by atoms with E-state index in [-0.39, 0.29) is 0 Å². The molecule has 0 bridgehead atoms. The van der Waals surface area contributed by atoms with E-state index in [1.165, 1.54) is 36.7 Å². The lowest BCUT2D eigenvalue weighted by atomic mass is 9.91. The molecule has 0 unspecified atom stereocenters. The Morgan fingerprint density at radius 3 is 2.71 bits per heavy atom. The minimum Gasteiger partial charge on any atom is -0.354 e. The van der Waals surface area contributed by atoms with Gasteiger partial charge in [0.25, 0.3) is 0 Å². The maximum Gasteiger partial charge on any atom is 0.222 e. The molecule has 1 aliphatic heterocycles. The summed E-state index contributed by atoms with van der Waals surface area (Å²) in [6.07, 6.45) is 10.0. The molecule has 1 saturated heterocycles. The first-order chi connectivity index (χ1) is 11.8. The molecule has 9 heteroatoms. The molecule has 1 aliphatic carbocycles. The van der Waals surface area contributed by atoms with Crippen LogP contribution in [-0.4, -0.2) is 54.2 Å². The van der Waals surface area contributed by atoms with E-state index in [0.717, 1.165) is 43.1 Å². The summed E-state index contributed by atoms with van der Waals surface area (Å²) in [7, 11) is 0. The molecule has 0 spiro atoms. The normalized spacial score (nSPS) is 24.9. The Labute approximate surface area is 145 Å². The highest BCUT2D eigenvalue weighted by Gasteiger charge is 2.42. The number of hydrogen-bond acceptors (Lipinski definition) is 7.